The van der Waals surface area contributed by atoms with Crippen LogP contribution in [0.2, 0.25) is 0 Å². The molecule has 1 aromatic rings. The van der Waals surface area contributed by atoms with Crippen LogP contribution in [0.15, 0.2) is 12.1 Å². The van der Waals surface area contributed by atoms with Gasteiger partial charge >= 0.3 is 6.03 Å². The van der Waals surface area contributed by atoms with E-state index in [1.165, 1.54) is 0 Å². The van der Waals surface area contributed by atoms with Crippen molar-refractivity contribution in [1.29, 1.82) is 0 Å². The lowest BCUT2D eigenvalue weighted by molar-refractivity contribution is -0.0594. The van der Waals surface area contributed by atoms with Gasteiger partial charge in [-0.2, -0.15) is 0 Å². The summed E-state index contributed by atoms with van der Waals surface area (Å²) in [6.45, 7) is 6.07. The van der Waals surface area contributed by atoms with E-state index in [1.807, 2.05) is 7.05 Å². The van der Waals surface area contributed by atoms with Crippen LogP contribution >= 0.6 is 0 Å². The van der Waals surface area contributed by atoms with Crippen molar-refractivity contribution in [3.8, 4) is 0 Å². The van der Waals surface area contributed by atoms with Crippen LogP contribution in [0.25, 0.3) is 0 Å². The van der Waals surface area contributed by atoms with Gasteiger partial charge in [-0.3, -0.25) is 0 Å². The minimum absolute atomic E-state index is 0.0490. The number of hydrogen-bond donors (Lipinski definition) is 3. The van der Waals surface area contributed by atoms with Crippen molar-refractivity contribution in [3.05, 3.63) is 35.1 Å². The van der Waals surface area contributed by atoms with Gasteiger partial charge in [0.05, 0.1) is 5.60 Å². The predicted octanol–water partition coefficient (Wildman–Crippen LogP) is 4.94. The number of hydrogen-bond acceptors (Lipinski definition) is 4. The molecule has 0 bridgehead atoms. The van der Waals surface area contributed by atoms with E-state index in [9.17, 15) is 23.1 Å². The van der Waals surface area contributed by atoms with E-state index < -0.39 is 29.0 Å². The molecule has 1 saturated heterocycles. The minimum Gasteiger partial charge on any atom is -0.385 e. The van der Waals surface area contributed by atoms with Crippen molar-refractivity contribution < 1.29 is 27.8 Å². The number of likely N-dealkylation sites (tertiary alicyclic amines) is 1. The fourth-order valence-electron chi connectivity index (χ4n) is 5.42. The number of carbonyl (C=O) groups excluding carboxylic acids is 1. The number of rotatable bonds is 14. The van der Waals surface area contributed by atoms with Crippen LogP contribution in [0.1, 0.15) is 70.8 Å². The number of benzene rings is 1. The van der Waals surface area contributed by atoms with E-state index >= 15 is 0 Å². The average molecular weight is 516 g/mol. The van der Waals surface area contributed by atoms with E-state index in [1.54, 1.807) is 12.0 Å². The molecule has 206 valence electrons. The summed E-state index contributed by atoms with van der Waals surface area (Å²) in [5, 5.41) is 18.0. The summed E-state index contributed by atoms with van der Waals surface area (Å²) in [6, 6.07) is 1.07. The average Bonchev–Trinajstić information content (AvgIpc) is 2.84. The second-order valence-corrected chi connectivity index (χ2v) is 10.2. The third kappa shape index (κ3) is 8.35. The maximum Gasteiger partial charge on any atom is 0.317 e. The van der Waals surface area contributed by atoms with Crippen LogP contribution in [-0.4, -0.2) is 62.5 Å². The van der Waals surface area contributed by atoms with Crippen molar-refractivity contribution in [2.45, 2.75) is 76.9 Å². The van der Waals surface area contributed by atoms with Gasteiger partial charge in [-0.1, -0.05) is 26.7 Å². The zero-order chi connectivity index (χ0) is 26.7. The van der Waals surface area contributed by atoms with Crippen LogP contribution in [0.4, 0.5) is 18.0 Å². The fourth-order valence-corrected chi connectivity index (χ4v) is 5.42. The molecule has 1 heterocycles. The first-order chi connectivity index (χ1) is 17.2. The first-order valence-corrected chi connectivity index (χ1v) is 13.2. The van der Waals surface area contributed by atoms with Crippen molar-refractivity contribution in [2.24, 2.45) is 11.8 Å². The van der Waals surface area contributed by atoms with Gasteiger partial charge < -0.3 is 25.4 Å². The molecule has 0 spiro atoms. The molecule has 36 heavy (non-hydrogen) atoms. The molecule has 6 nitrogen and oxygen atoms in total. The summed E-state index contributed by atoms with van der Waals surface area (Å²) in [6.07, 6.45) is 5.29. The zero-order valence-corrected chi connectivity index (χ0v) is 22.2. The maximum absolute atomic E-state index is 14.9. The number of methoxy groups -OCH3 is 1. The number of unbranched alkanes of at least 4 members (excludes halogenated alkanes) is 1. The van der Waals surface area contributed by atoms with E-state index in [-0.39, 0.29) is 30.6 Å². The Morgan fingerprint density at radius 1 is 1.31 bits per heavy atom. The van der Waals surface area contributed by atoms with Gasteiger partial charge in [0, 0.05) is 56.9 Å². The van der Waals surface area contributed by atoms with Gasteiger partial charge in [0.2, 0.25) is 0 Å². The molecule has 1 aromatic carbocycles. The summed E-state index contributed by atoms with van der Waals surface area (Å²) in [5.41, 5.74) is -2.20. The molecule has 3 N–H and O–H groups in total. The van der Waals surface area contributed by atoms with Crippen LogP contribution < -0.4 is 10.6 Å². The Bertz CT molecular complexity index is 829. The summed E-state index contributed by atoms with van der Waals surface area (Å²) >= 11 is 0. The molecule has 1 aliphatic rings. The number of ether oxygens (including phenoxy) is 1. The van der Waals surface area contributed by atoms with Crippen molar-refractivity contribution in [3.63, 3.8) is 0 Å². The summed E-state index contributed by atoms with van der Waals surface area (Å²) in [7, 11) is 3.41. The molecule has 0 radical (unpaired) electrons. The van der Waals surface area contributed by atoms with Crippen LogP contribution in [0.3, 0.4) is 0 Å². The molecule has 9 heteroatoms. The number of carbonyl (C=O) groups is 1. The molecule has 1 aliphatic heterocycles. The number of likely N-dealkylation sites (N-methyl/N-ethyl adjacent to an activating group) is 1. The molecule has 0 aliphatic carbocycles. The highest BCUT2D eigenvalue weighted by atomic mass is 19.2. The molecule has 4 atom stereocenters. The first kappa shape index (κ1) is 30.4. The number of nitrogens with one attached hydrogen (secondary N) is 2. The molecule has 0 aromatic heterocycles. The third-order valence-electron chi connectivity index (χ3n) is 7.25. The van der Waals surface area contributed by atoms with Crippen molar-refractivity contribution >= 4 is 6.03 Å². The molecular weight excluding hydrogens is 471 g/mol. The molecule has 0 saturated carbocycles. The predicted molar refractivity (Wildman–Crippen MR) is 135 cm³/mol. The van der Waals surface area contributed by atoms with Crippen LogP contribution in [0.5, 0.6) is 0 Å². The Kier molecular flexibility index (Phi) is 12.5. The summed E-state index contributed by atoms with van der Waals surface area (Å²) in [5.74, 6) is -3.63. The van der Waals surface area contributed by atoms with E-state index in [2.05, 4.69) is 24.5 Å². The Morgan fingerprint density at radius 2 is 2.06 bits per heavy atom. The van der Waals surface area contributed by atoms with Crippen molar-refractivity contribution in [1.82, 2.24) is 15.5 Å². The van der Waals surface area contributed by atoms with Gasteiger partial charge in [0.1, 0.15) is 5.82 Å². The van der Waals surface area contributed by atoms with Crippen molar-refractivity contribution in [2.75, 3.05) is 40.4 Å². The molecule has 1 fully saturated rings. The maximum atomic E-state index is 14.9. The number of nitrogens with zero attached hydrogens (tertiary/aromatic N) is 1. The number of halogens is 3. The topological polar surface area (TPSA) is 73.8 Å². The van der Waals surface area contributed by atoms with Gasteiger partial charge in [0.25, 0.3) is 0 Å². The van der Waals surface area contributed by atoms with Gasteiger partial charge in [-0.05, 0) is 57.6 Å². The second kappa shape index (κ2) is 14.8. The number of aliphatic hydroxyl groups is 1. The first-order valence-electron chi connectivity index (χ1n) is 13.2. The van der Waals surface area contributed by atoms with E-state index in [0.29, 0.717) is 57.4 Å². The normalized spacial score (nSPS) is 19.6. The summed E-state index contributed by atoms with van der Waals surface area (Å²) in [4.78, 5) is 14.8. The van der Waals surface area contributed by atoms with Gasteiger partial charge in [0.15, 0.2) is 11.6 Å². The van der Waals surface area contributed by atoms with E-state index in [0.717, 1.165) is 25.3 Å². The number of urea groups is 1. The lowest BCUT2D eigenvalue weighted by Gasteiger charge is -2.43. The number of piperidine rings is 1. The fraction of sp³-hybridized carbons (Fsp3) is 0.741. The van der Waals surface area contributed by atoms with E-state index in [4.69, 9.17) is 4.74 Å². The molecule has 2 amide bonds. The largest absolute Gasteiger partial charge is 0.385 e. The highest BCUT2D eigenvalue weighted by molar-refractivity contribution is 5.74. The molecule has 1 unspecified atom stereocenters. The second-order valence-electron chi connectivity index (χ2n) is 10.2. The van der Waals surface area contributed by atoms with Gasteiger partial charge in [-0.25, -0.2) is 18.0 Å². The quantitative estimate of drug-likeness (QED) is 0.242. The molecular formula is C27H44F3N3O3. The number of amides is 2. The SMILES string of the molecule is CCCC(C)C[C@@H](CNC)NC(=O)N1CCC[C@@H]([C@@](O)(CCCCOC)c2cc(F)cc(F)c2F)C1. The third-order valence-corrected chi connectivity index (χ3v) is 7.25. The lowest BCUT2D eigenvalue weighted by Crippen LogP contribution is -2.54. The monoisotopic (exact) mass is 515 g/mol. The minimum atomic E-state index is -1.82. The Labute approximate surface area is 214 Å². The lowest BCUT2D eigenvalue weighted by atomic mass is 9.74. The summed E-state index contributed by atoms with van der Waals surface area (Å²) < 4.78 is 48.2. The standard InChI is InChI=1S/C27H44F3N3O3/c1-5-9-19(2)14-22(17-31-3)32-26(34)33-12-8-10-20(18-33)27(35,11-6-7-13-36-4)23-15-21(28)16-24(29)25(23)30/h15-16,19-20,22,31,35H,5-14,17-18H2,1-4H3,(H,32,34)/t19?,20-,22+,27+/m1/s1. The zero-order valence-electron chi connectivity index (χ0n) is 22.2. The smallest absolute Gasteiger partial charge is 0.317 e. The highest BCUT2D eigenvalue weighted by Gasteiger charge is 2.43. The van der Waals surface area contributed by atoms with Crippen LogP contribution in [-0.2, 0) is 10.3 Å². The molecule has 2 rings (SSSR count). The van der Waals surface area contributed by atoms with Crippen LogP contribution in [0, 0.1) is 29.3 Å². The Hall–Kier alpha value is -1.84. The van der Waals surface area contributed by atoms with Gasteiger partial charge in [-0.15, -0.1) is 0 Å². The highest BCUT2D eigenvalue weighted by Crippen LogP contribution is 2.41. The Balaban J connectivity index is 2.23. The Morgan fingerprint density at radius 3 is 2.72 bits per heavy atom.